The Morgan fingerprint density at radius 2 is 2.50 bits per heavy atom. The van der Waals surface area contributed by atoms with Gasteiger partial charge in [-0.25, -0.2) is 4.98 Å². The predicted octanol–water partition coefficient (Wildman–Crippen LogP) is 2.31. The van der Waals surface area contributed by atoms with Gasteiger partial charge < -0.3 is 4.74 Å². The highest BCUT2D eigenvalue weighted by atomic mass is 32.1. The van der Waals surface area contributed by atoms with Gasteiger partial charge in [-0.2, -0.15) is 0 Å². The van der Waals surface area contributed by atoms with E-state index in [9.17, 15) is 0 Å². The summed E-state index contributed by atoms with van der Waals surface area (Å²) in [5, 5.41) is 3.34. The number of likely N-dealkylation sites (tertiary alicyclic amines) is 1. The number of rotatable bonds is 4. The number of aryl methyl sites for hydroxylation is 1. The lowest BCUT2D eigenvalue weighted by atomic mass is 9.99. The van der Waals surface area contributed by atoms with Crippen LogP contribution in [0.4, 0.5) is 0 Å². The molecule has 3 nitrogen and oxygen atoms in total. The number of thiazole rings is 1. The second kappa shape index (κ2) is 5.75. The minimum Gasteiger partial charge on any atom is -0.384 e. The summed E-state index contributed by atoms with van der Waals surface area (Å²) in [5.74, 6) is 0.707. The lowest BCUT2D eigenvalue weighted by Crippen LogP contribution is -2.36. The Bertz CT molecular complexity index is 325. The maximum absolute atomic E-state index is 5.24. The summed E-state index contributed by atoms with van der Waals surface area (Å²) in [7, 11) is 1.79. The number of hydrogen-bond acceptors (Lipinski definition) is 4. The van der Waals surface area contributed by atoms with Gasteiger partial charge in [-0.1, -0.05) is 0 Å². The van der Waals surface area contributed by atoms with E-state index in [0.29, 0.717) is 5.92 Å². The minimum atomic E-state index is 0.707. The van der Waals surface area contributed by atoms with Crippen molar-refractivity contribution in [1.29, 1.82) is 0 Å². The van der Waals surface area contributed by atoms with Crippen LogP contribution in [-0.4, -0.2) is 36.7 Å². The van der Waals surface area contributed by atoms with Crippen LogP contribution in [0.25, 0.3) is 0 Å². The molecule has 1 aliphatic rings. The Labute approximate surface area is 101 Å². The highest BCUT2D eigenvalue weighted by Gasteiger charge is 2.20. The molecular formula is C12H20N2OS. The molecule has 0 radical (unpaired) electrons. The highest BCUT2D eigenvalue weighted by molar-refractivity contribution is 7.09. The van der Waals surface area contributed by atoms with Gasteiger partial charge in [0, 0.05) is 25.6 Å². The second-order valence-corrected chi connectivity index (χ2v) is 5.62. The largest absolute Gasteiger partial charge is 0.384 e. The summed E-state index contributed by atoms with van der Waals surface area (Å²) < 4.78 is 5.24. The van der Waals surface area contributed by atoms with Crippen LogP contribution >= 0.6 is 11.3 Å². The molecule has 2 rings (SSSR count). The summed E-state index contributed by atoms with van der Waals surface area (Å²) in [4.78, 5) is 7.02. The van der Waals surface area contributed by atoms with Crippen molar-refractivity contribution in [3.63, 3.8) is 0 Å². The fourth-order valence-electron chi connectivity index (χ4n) is 2.38. The third-order valence-electron chi connectivity index (χ3n) is 3.06. The predicted molar refractivity (Wildman–Crippen MR) is 66.7 cm³/mol. The third kappa shape index (κ3) is 3.27. The van der Waals surface area contributed by atoms with Crippen molar-refractivity contribution in [3.8, 4) is 0 Å². The molecule has 0 aromatic carbocycles. The van der Waals surface area contributed by atoms with Crippen molar-refractivity contribution in [3.05, 3.63) is 16.1 Å². The Balaban J connectivity index is 1.85. The molecule has 0 N–H and O–H groups in total. The van der Waals surface area contributed by atoms with Crippen molar-refractivity contribution >= 4 is 11.3 Å². The van der Waals surface area contributed by atoms with Crippen LogP contribution < -0.4 is 0 Å². The van der Waals surface area contributed by atoms with E-state index in [2.05, 4.69) is 22.2 Å². The van der Waals surface area contributed by atoms with Crippen molar-refractivity contribution in [2.75, 3.05) is 26.8 Å². The van der Waals surface area contributed by atoms with E-state index in [4.69, 9.17) is 4.74 Å². The topological polar surface area (TPSA) is 25.4 Å². The first-order valence-electron chi connectivity index (χ1n) is 5.90. The molecule has 1 aromatic rings. The quantitative estimate of drug-likeness (QED) is 0.807. The van der Waals surface area contributed by atoms with Gasteiger partial charge in [0.2, 0.25) is 0 Å². The molecule has 90 valence electrons. The monoisotopic (exact) mass is 240 g/mol. The number of aromatic nitrogens is 1. The van der Waals surface area contributed by atoms with Gasteiger partial charge in [-0.15, -0.1) is 11.3 Å². The van der Waals surface area contributed by atoms with E-state index in [1.54, 1.807) is 18.4 Å². The van der Waals surface area contributed by atoms with E-state index >= 15 is 0 Å². The van der Waals surface area contributed by atoms with Crippen LogP contribution in [0.15, 0.2) is 5.38 Å². The summed E-state index contributed by atoms with van der Waals surface area (Å²) in [6.45, 7) is 6.33. The molecule has 16 heavy (non-hydrogen) atoms. The van der Waals surface area contributed by atoms with Crippen molar-refractivity contribution in [2.45, 2.75) is 26.3 Å². The molecule has 0 spiro atoms. The second-order valence-electron chi connectivity index (χ2n) is 4.56. The van der Waals surface area contributed by atoms with Crippen LogP contribution in [0.2, 0.25) is 0 Å². The third-order valence-corrected chi connectivity index (χ3v) is 3.88. The normalized spacial score (nSPS) is 22.5. The molecule has 0 saturated carbocycles. The Morgan fingerprint density at radius 1 is 1.62 bits per heavy atom. The summed E-state index contributed by atoms with van der Waals surface area (Å²) in [6, 6.07) is 0. The first-order valence-corrected chi connectivity index (χ1v) is 6.78. The van der Waals surface area contributed by atoms with E-state index in [-0.39, 0.29) is 0 Å². The van der Waals surface area contributed by atoms with E-state index in [1.807, 2.05) is 0 Å². The fourth-order valence-corrected chi connectivity index (χ4v) is 2.98. The summed E-state index contributed by atoms with van der Waals surface area (Å²) >= 11 is 1.74. The zero-order chi connectivity index (χ0) is 11.4. The Kier molecular flexibility index (Phi) is 4.32. The van der Waals surface area contributed by atoms with Gasteiger partial charge in [-0.05, 0) is 32.2 Å². The molecule has 1 fully saturated rings. The number of piperidine rings is 1. The van der Waals surface area contributed by atoms with Crippen LogP contribution in [0.5, 0.6) is 0 Å². The van der Waals surface area contributed by atoms with Gasteiger partial charge in [0.1, 0.15) is 0 Å². The van der Waals surface area contributed by atoms with Gasteiger partial charge in [0.05, 0.1) is 17.3 Å². The van der Waals surface area contributed by atoms with Crippen molar-refractivity contribution < 1.29 is 4.74 Å². The molecule has 1 saturated heterocycles. The summed E-state index contributed by atoms with van der Waals surface area (Å²) in [6.07, 6.45) is 2.59. The van der Waals surface area contributed by atoms with Gasteiger partial charge >= 0.3 is 0 Å². The first-order chi connectivity index (χ1) is 7.78. The van der Waals surface area contributed by atoms with Crippen molar-refractivity contribution in [2.24, 2.45) is 5.92 Å². The number of nitrogens with zero attached hydrogens (tertiary/aromatic N) is 2. The average Bonchev–Trinajstić information content (AvgIpc) is 2.65. The van der Waals surface area contributed by atoms with Gasteiger partial charge in [0.25, 0.3) is 0 Å². The molecule has 0 aliphatic carbocycles. The van der Waals surface area contributed by atoms with Gasteiger partial charge in [-0.3, -0.25) is 4.90 Å². The average molecular weight is 240 g/mol. The van der Waals surface area contributed by atoms with Crippen LogP contribution in [0.1, 0.15) is 23.5 Å². The first kappa shape index (κ1) is 12.0. The zero-order valence-electron chi connectivity index (χ0n) is 10.1. The number of hydrogen-bond donors (Lipinski definition) is 0. The van der Waals surface area contributed by atoms with Gasteiger partial charge in [0.15, 0.2) is 0 Å². The highest BCUT2D eigenvalue weighted by Crippen LogP contribution is 2.19. The molecule has 4 heteroatoms. The Morgan fingerprint density at radius 3 is 3.19 bits per heavy atom. The summed E-state index contributed by atoms with van der Waals surface area (Å²) in [5.41, 5.74) is 1.22. The molecule has 2 heterocycles. The minimum absolute atomic E-state index is 0.707. The van der Waals surface area contributed by atoms with Crippen molar-refractivity contribution in [1.82, 2.24) is 9.88 Å². The molecular weight excluding hydrogens is 220 g/mol. The molecule has 1 aliphatic heterocycles. The maximum atomic E-state index is 5.24. The number of methoxy groups -OCH3 is 1. The van der Waals surface area contributed by atoms with Crippen LogP contribution in [0, 0.1) is 12.8 Å². The molecule has 1 unspecified atom stereocenters. The molecule has 1 aromatic heterocycles. The standard InChI is InChI=1S/C12H20N2OS/c1-10-13-12(9-16-10)7-14-5-3-4-11(6-14)8-15-2/h9,11H,3-8H2,1-2H3. The smallest absolute Gasteiger partial charge is 0.0897 e. The van der Waals surface area contributed by atoms with Crippen LogP contribution in [-0.2, 0) is 11.3 Å². The SMILES string of the molecule is COCC1CCCN(Cc2csc(C)n2)C1. The fraction of sp³-hybridized carbons (Fsp3) is 0.750. The zero-order valence-corrected chi connectivity index (χ0v) is 10.9. The molecule has 0 amide bonds. The molecule has 1 atom stereocenters. The van der Waals surface area contributed by atoms with E-state index in [0.717, 1.165) is 19.7 Å². The Hall–Kier alpha value is -0.450. The lowest BCUT2D eigenvalue weighted by Gasteiger charge is -2.31. The van der Waals surface area contributed by atoms with E-state index < -0.39 is 0 Å². The van der Waals surface area contributed by atoms with E-state index in [1.165, 1.54) is 30.1 Å². The number of ether oxygens (including phenoxy) is 1. The molecule has 0 bridgehead atoms. The maximum Gasteiger partial charge on any atom is 0.0897 e. The lowest BCUT2D eigenvalue weighted by molar-refractivity contribution is 0.0869. The van der Waals surface area contributed by atoms with Crippen LogP contribution in [0.3, 0.4) is 0 Å².